The largest absolute Gasteiger partial charge is 0.497 e. The molecule has 0 aromatic heterocycles. The third kappa shape index (κ3) is 6.45. The van der Waals surface area contributed by atoms with E-state index in [0.717, 1.165) is 39.7 Å². The Bertz CT molecular complexity index is 1190. The lowest BCUT2D eigenvalue weighted by molar-refractivity contribution is -0.130. The standard InChI is InChI=1S/C26H28N4O4S.H2S/c1-18(31)30-26(20-10-14-23(32-3)15-11-20)17-25(27-30)19-8-12-21(13-9-19)28-34-35-29(2)22-6-5-7-24(16-22)33-4;/h5-16,26,28H,17H2,1-4H3;1H2. The second-order valence-electron chi connectivity index (χ2n) is 7.94. The van der Waals surface area contributed by atoms with Crippen LogP contribution in [0, 0.1) is 0 Å². The molecule has 3 aromatic carbocycles. The summed E-state index contributed by atoms with van der Waals surface area (Å²) in [5, 5.41) is 6.17. The molecule has 0 fully saturated rings. The Morgan fingerprint density at radius 2 is 1.72 bits per heavy atom. The summed E-state index contributed by atoms with van der Waals surface area (Å²) < 4.78 is 18.0. The van der Waals surface area contributed by atoms with Gasteiger partial charge in [-0.2, -0.15) is 22.9 Å². The predicted octanol–water partition coefficient (Wildman–Crippen LogP) is 5.56. The van der Waals surface area contributed by atoms with E-state index in [0.29, 0.717) is 6.42 Å². The fourth-order valence-corrected chi connectivity index (χ4v) is 4.21. The fraction of sp³-hybridized carbons (Fsp3) is 0.231. The van der Waals surface area contributed by atoms with Gasteiger partial charge in [0.2, 0.25) is 5.91 Å². The first-order valence-corrected chi connectivity index (χ1v) is 11.8. The van der Waals surface area contributed by atoms with E-state index in [-0.39, 0.29) is 25.4 Å². The lowest BCUT2D eigenvalue weighted by Crippen LogP contribution is -2.24. The van der Waals surface area contributed by atoms with E-state index in [1.54, 1.807) is 19.2 Å². The van der Waals surface area contributed by atoms with Crippen LogP contribution < -0.4 is 19.3 Å². The van der Waals surface area contributed by atoms with Gasteiger partial charge in [-0.15, -0.1) is 0 Å². The highest BCUT2D eigenvalue weighted by Gasteiger charge is 2.31. The van der Waals surface area contributed by atoms with E-state index < -0.39 is 0 Å². The summed E-state index contributed by atoms with van der Waals surface area (Å²) in [7, 11) is 5.18. The average Bonchev–Trinajstić information content (AvgIpc) is 3.35. The van der Waals surface area contributed by atoms with Crippen LogP contribution >= 0.6 is 25.7 Å². The van der Waals surface area contributed by atoms with Crippen LogP contribution in [0.25, 0.3) is 0 Å². The Balaban J connectivity index is 0.00000361. The number of methoxy groups -OCH3 is 2. The highest BCUT2D eigenvalue weighted by molar-refractivity contribution is 7.96. The summed E-state index contributed by atoms with van der Waals surface area (Å²) in [6, 6.07) is 23.1. The minimum absolute atomic E-state index is 0. The normalized spacial score (nSPS) is 14.5. The van der Waals surface area contributed by atoms with Gasteiger partial charge in [-0.25, -0.2) is 5.01 Å². The summed E-state index contributed by atoms with van der Waals surface area (Å²) in [4.78, 5) is 12.2. The molecule has 1 atom stereocenters. The summed E-state index contributed by atoms with van der Waals surface area (Å²) in [5.74, 6) is 1.47. The number of hydrogen-bond acceptors (Lipinski definition) is 8. The van der Waals surface area contributed by atoms with Gasteiger partial charge < -0.3 is 9.47 Å². The number of amides is 1. The molecule has 190 valence electrons. The van der Waals surface area contributed by atoms with Gasteiger partial charge >= 0.3 is 0 Å². The molecule has 1 aliphatic rings. The van der Waals surface area contributed by atoms with E-state index in [4.69, 9.17) is 13.8 Å². The minimum Gasteiger partial charge on any atom is -0.497 e. The maximum Gasteiger partial charge on any atom is 0.240 e. The first-order chi connectivity index (χ1) is 17.0. The Kier molecular flexibility index (Phi) is 9.51. The molecule has 3 aromatic rings. The minimum atomic E-state index is -0.141. The molecule has 36 heavy (non-hydrogen) atoms. The highest BCUT2D eigenvalue weighted by atomic mass is 32.2. The van der Waals surface area contributed by atoms with Crippen molar-refractivity contribution in [3.63, 3.8) is 0 Å². The molecule has 0 aliphatic carbocycles. The topological polar surface area (TPSA) is 75.6 Å². The second kappa shape index (κ2) is 12.6. The number of anilines is 2. The van der Waals surface area contributed by atoms with Crippen molar-refractivity contribution in [1.82, 2.24) is 5.01 Å². The zero-order valence-corrected chi connectivity index (χ0v) is 22.4. The maximum absolute atomic E-state index is 12.2. The molecule has 1 amide bonds. The number of benzene rings is 3. The summed E-state index contributed by atoms with van der Waals surface area (Å²) >= 11 is 1.17. The molecule has 0 radical (unpaired) electrons. The van der Waals surface area contributed by atoms with E-state index >= 15 is 0 Å². The first-order valence-electron chi connectivity index (χ1n) is 11.1. The van der Waals surface area contributed by atoms with Crippen molar-refractivity contribution in [3.05, 3.63) is 83.9 Å². The number of nitrogens with zero attached hydrogens (tertiary/aromatic N) is 3. The maximum atomic E-state index is 12.2. The molecular formula is C26H30N4O4S2. The molecule has 4 rings (SSSR count). The van der Waals surface area contributed by atoms with Crippen molar-refractivity contribution in [3.8, 4) is 11.5 Å². The van der Waals surface area contributed by atoms with Gasteiger partial charge in [0, 0.05) is 26.5 Å². The Labute approximate surface area is 223 Å². The number of ether oxygens (including phenoxy) is 2. The van der Waals surface area contributed by atoms with E-state index in [1.807, 2.05) is 84.1 Å². The molecule has 1 unspecified atom stereocenters. The summed E-state index contributed by atoms with van der Waals surface area (Å²) in [5.41, 5.74) is 7.53. The van der Waals surface area contributed by atoms with Crippen molar-refractivity contribution in [2.24, 2.45) is 5.10 Å². The molecule has 8 nitrogen and oxygen atoms in total. The van der Waals surface area contributed by atoms with Crippen molar-refractivity contribution in [2.75, 3.05) is 31.1 Å². The van der Waals surface area contributed by atoms with Crippen molar-refractivity contribution >= 4 is 48.7 Å². The van der Waals surface area contributed by atoms with Crippen LogP contribution in [0.5, 0.6) is 11.5 Å². The van der Waals surface area contributed by atoms with Gasteiger partial charge in [-0.3, -0.25) is 14.6 Å². The van der Waals surface area contributed by atoms with Gasteiger partial charge in [0.05, 0.1) is 37.3 Å². The van der Waals surface area contributed by atoms with E-state index in [2.05, 4.69) is 10.6 Å². The van der Waals surface area contributed by atoms with Gasteiger partial charge in [0.15, 0.2) is 0 Å². The van der Waals surface area contributed by atoms with Gasteiger partial charge in [-0.05, 0) is 47.5 Å². The quantitative estimate of drug-likeness (QED) is 0.222. The molecule has 0 saturated carbocycles. The third-order valence-corrected chi connectivity index (χ3v) is 6.27. The highest BCUT2D eigenvalue weighted by Crippen LogP contribution is 2.34. The molecule has 10 heteroatoms. The smallest absolute Gasteiger partial charge is 0.240 e. The van der Waals surface area contributed by atoms with E-state index in [9.17, 15) is 4.79 Å². The van der Waals surface area contributed by atoms with Crippen molar-refractivity contribution in [1.29, 1.82) is 0 Å². The number of rotatable bonds is 9. The van der Waals surface area contributed by atoms with Crippen LogP contribution in [0.15, 0.2) is 77.9 Å². The lowest BCUT2D eigenvalue weighted by Gasteiger charge is -2.20. The Morgan fingerprint density at radius 1 is 1.03 bits per heavy atom. The van der Waals surface area contributed by atoms with Crippen molar-refractivity contribution < 1.29 is 18.6 Å². The number of hydrogen-bond donors (Lipinski definition) is 1. The molecule has 0 saturated heterocycles. The molecule has 0 bridgehead atoms. The average molecular weight is 527 g/mol. The van der Waals surface area contributed by atoms with Crippen molar-refractivity contribution in [2.45, 2.75) is 19.4 Å². The van der Waals surface area contributed by atoms with Crippen LogP contribution in [-0.2, 0) is 9.08 Å². The van der Waals surface area contributed by atoms with Crippen LogP contribution in [0.1, 0.15) is 30.5 Å². The second-order valence-corrected chi connectivity index (χ2v) is 8.80. The fourth-order valence-electron chi connectivity index (χ4n) is 3.76. The zero-order chi connectivity index (χ0) is 24.8. The molecule has 1 heterocycles. The zero-order valence-electron chi connectivity index (χ0n) is 20.6. The third-order valence-electron chi connectivity index (χ3n) is 5.68. The van der Waals surface area contributed by atoms with Crippen LogP contribution in [0.4, 0.5) is 11.4 Å². The molecule has 1 N–H and O–H groups in total. The van der Waals surface area contributed by atoms with E-state index in [1.165, 1.54) is 19.2 Å². The van der Waals surface area contributed by atoms with Gasteiger partial charge in [0.25, 0.3) is 0 Å². The SMILES string of the molecule is COc1ccc(C2CC(c3ccc(NOSN(C)c4cccc(OC)c4)cc3)=NN2C(C)=O)cc1.S. The monoisotopic (exact) mass is 526 g/mol. The first kappa shape index (κ1) is 27.3. The predicted molar refractivity (Wildman–Crippen MR) is 150 cm³/mol. The number of carbonyl (C=O) groups is 1. The van der Waals surface area contributed by atoms with Crippen LogP contribution in [0.2, 0.25) is 0 Å². The number of carbonyl (C=O) groups excluding carboxylic acids is 1. The number of nitrogens with one attached hydrogen (secondary N) is 1. The summed E-state index contributed by atoms with van der Waals surface area (Å²) in [6.45, 7) is 1.54. The van der Waals surface area contributed by atoms with Crippen LogP contribution in [-0.4, -0.2) is 37.9 Å². The molecule has 0 spiro atoms. The molecular weight excluding hydrogens is 496 g/mol. The van der Waals surface area contributed by atoms with Crippen LogP contribution in [0.3, 0.4) is 0 Å². The number of hydrazone groups is 1. The van der Waals surface area contributed by atoms with Gasteiger partial charge in [-0.1, -0.05) is 30.3 Å². The Morgan fingerprint density at radius 3 is 2.36 bits per heavy atom. The molecule has 1 aliphatic heterocycles. The van der Waals surface area contributed by atoms with Gasteiger partial charge in [0.1, 0.15) is 23.7 Å². The Hall–Kier alpha value is -3.34. The lowest BCUT2D eigenvalue weighted by atomic mass is 9.98. The summed E-state index contributed by atoms with van der Waals surface area (Å²) in [6.07, 6.45) is 0.635.